The number of hydrogen-bond donors (Lipinski definition) is 0. The average Bonchev–Trinajstić information content (AvgIpc) is 2.63. The first-order chi connectivity index (χ1) is 11.3. The largest absolute Gasteiger partial charge is 0.492 e. The topological polar surface area (TPSA) is 35.5 Å². The van der Waals surface area contributed by atoms with Crippen molar-refractivity contribution in [3.05, 3.63) is 84.4 Å². The Kier molecular flexibility index (Phi) is 4.39. The van der Waals surface area contributed by atoms with Crippen LogP contribution in [-0.4, -0.2) is 13.1 Å². The Morgan fingerprint density at radius 3 is 2.09 bits per heavy atom. The number of benzene rings is 3. The summed E-state index contributed by atoms with van der Waals surface area (Å²) in [6.45, 7) is 0. The molecule has 0 aliphatic carbocycles. The zero-order chi connectivity index (χ0) is 16.1. The molecule has 3 nitrogen and oxygen atoms in total. The summed E-state index contributed by atoms with van der Waals surface area (Å²) < 4.78 is 11.0. The van der Waals surface area contributed by atoms with E-state index in [1.807, 2.05) is 48.5 Å². The Morgan fingerprint density at radius 2 is 1.43 bits per heavy atom. The van der Waals surface area contributed by atoms with E-state index < -0.39 is 5.97 Å². The van der Waals surface area contributed by atoms with Crippen molar-refractivity contribution in [2.24, 2.45) is 0 Å². The Morgan fingerprint density at radius 1 is 0.783 bits per heavy atom. The first-order valence-corrected chi connectivity index (χ1v) is 7.29. The van der Waals surface area contributed by atoms with Crippen LogP contribution in [0.3, 0.4) is 0 Å². The van der Waals surface area contributed by atoms with Gasteiger partial charge in [-0.15, -0.1) is 0 Å². The van der Waals surface area contributed by atoms with Crippen molar-refractivity contribution in [1.82, 2.24) is 0 Å². The first-order valence-electron chi connectivity index (χ1n) is 7.29. The zero-order valence-electron chi connectivity index (χ0n) is 12.7. The Labute approximate surface area is 135 Å². The zero-order valence-corrected chi connectivity index (χ0v) is 12.7. The van der Waals surface area contributed by atoms with Crippen LogP contribution in [0.4, 0.5) is 0 Å². The number of rotatable bonds is 4. The molecule has 0 aliphatic rings. The molecule has 114 valence electrons. The number of carbonyl (C=O) groups excluding carboxylic acids is 1. The van der Waals surface area contributed by atoms with Crippen LogP contribution in [0.25, 0.3) is 11.1 Å². The van der Waals surface area contributed by atoms with Crippen LogP contribution in [0, 0.1) is 0 Å². The van der Waals surface area contributed by atoms with Crippen molar-refractivity contribution in [2.75, 3.05) is 7.11 Å². The maximum atomic E-state index is 12.3. The van der Waals surface area contributed by atoms with Gasteiger partial charge in [0.15, 0.2) is 11.5 Å². The molecular weight excluding hydrogens is 288 g/mol. The van der Waals surface area contributed by atoms with Gasteiger partial charge in [0.2, 0.25) is 0 Å². The molecule has 0 atom stereocenters. The average molecular weight is 304 g/mol. The van der Waals surface area contributed by atoms with Gasteiger partial charge < -0.3 is 9.47 Å². The number of ether oxygens (including phenoxy) is 2. The Balaban J connectivity index is 1.96. The third-order valence-corrected chi connectivity index (χ3v) is 3.48. The van der Waals surface area contributed by atoms with Crippen LogP contribution >= 0.6 is 0 Å². The summed E-state index contributed by atoms with van der Waals surface area (Å²) >= 11 is 0. The van der Waals surface area contributed by atoms with E-state index in [1.54, 1.807) is 37.4 Å². The van der Waals surface area contributed by atoms with Crippen LogP contribution < -0.4 is 9.47 Å². The van der Waals surface area contributed by atoms with E-state index >= 15 is 0 Å². The lowest BCUT2D eigenvalue weighted by Gasteiger charge is -2.13. The van der Waals surface area contributed by atoms with Crippen LogP contribution in [0.5, 0.6) is 11.5 Å². The molecule has 3 rings (SSSR count). The normalized spacial score (nSPS) is 10.1. The molecule has 0 spiro atoms. The SMILES string of the molecule is COc1c(OC(=O)c2ccccc2)cccc1-c1ccccc1. The van der Waals surface area contributed by atoms with E-state index in [4.69, 9.17) is 9.47 Å². The highest BCUT2D eigenvalue weighted by molar-refractivity contribution is 5.91. The fourth-order valence-electron chi connectivity index (χ4n) is 2.38. The van der Waals surface area contributed by atoms with Crippen molar-refractivity contribution < 1.29 is 14.3 Å². The van der Waals surface area contributed by atoms with Gasteiger partial charge in [-0.3, -0.25) is 0 Å². The number of hydrogen-bond acceptors (Lipinski definition) is 3. The molecule has 23 heavy (non-hydrogen) atoms. The molecule has 3 aromatic rings. The molecule has 0 fully saturated rings. The molecule has 0 radical (unpaired) electrons. The van der Waals surface area contributed by atoms with E-state index in [-0.39, 0.29) is 0 Å². The summed E-state index contributed by atoms with van der Waals surface area (Å²) in [5, 5.41) is 0. The smallest absolute Gasteiger partial charge is 0.343 e. The summed E-state index contributed by atoms with van der Waals surface area (Å²) in [5.74, 6) is 0.541. The predicted molar refractivity (Wildman–Crippen MR) is 89.8 cm³/mol. The Bertz CT molecular complexity index is 796. The lowest BCUT2D eigenvalue weighted by atomic mass is 10.0. The van der Waals surface area contributed by atoms with Crippen LogP contribution in [0.2, 0.25) is 0 Å². The third-order valence-electron chi connectivity index (χ3n) is 3.48. The fourth-order valence-corrected chi connectivity index (χ4v) is 2.38. The summed E-state index contributed by atoms with van der Waals surface area (Å²) in [7, 11) is 1.57. The second-order valence-corrected chi connectivity index (χ2v) is 4.96. The quantitative estimate of drug-likeness (QED) is 0.523. The number of methoxy groups -OCH3 is 1. The van der Waals surface area contributed by atoms with Crippen LogP contribution in [0.15, 0.2) is 78.9 Å². The lowest BCUT2D eigenvalue weighted by molar-refractivity contribution is 0.0730. The van der Waals surface area contributed by atoms with Gasteiger partial charge in [0.05, 0.1) is 12.7 Å². The van der Waals surface area contributed by atoms with E-state index in [0.29, 0.717) is 17.1 Å². The first kappa shape index (κ1) is 14.9. The molecular formula is C20H16O3. The molecule has 0 unspecified atom stereocenters. The molecule has 0 N–H and O–H groups in total. The van der Waals surface area contributed by atoms with Gasteiger partial charge in [0, 0.05) is 5.56 Å². The summed E-state index contributed by atoms with van der Waals surface area (Å²) in [6.07, 6.45) is 0. The van der Waals surface area contributed by atoms with Gasteiger partial charge in [-0.25, -0.2) is 4.79 Å². The molecule has 0 aliphatic heterocycles. The molecule has 0 heterocycles. The molecule has 0 amide bonds. The van der Waals surface area contributed by atoms with Gasteiger partial charge in [-0.2, -0.15) is 0 Å². The van der Waals surface area contributed by atoms with E-state index in [1.165, 1.54) is 0 Å². The minimum atomic E-state index is -0.408. The van der Waals surface area contributed by atoms with Gasteiger partial charge in [-0.1, -0.05) is 60.7 Å². The minimum Gasteiger partial charge on any atom is -0.492 e. The summed E-state index contributed by atoms with van der Waals surface area (Å²) in [5.41, 5.74) is 2.38. The van der Waals surface area contributed by atoms with Crippen molar-refractivity contribution in [2.45, 2.75) is 0 Å². The molecule has 3 aromatic carbocycles. The van der Waals surface area contributed by atoms with Gasteiger partial charge in [0.25, 0.3) is 0 Å². The second kappa shape index (κ2) is 6.79. The summed E-state index contributed by atoms with van der Waals surface area (Å²) in [4.78, 5) is 12.3. The monoisotopic (exact) mass is 304 g/mol. The Hall–Kier alpha value is -3.07. The molecule has 0 aromatic heterocycles. The van der Waals surface area contributed by atoms with Gasteiger partial charge >= 0.3 is 5.97 Å². The highest BCUT2D eigenvalue weighted by Crippen LogP contribution is 2.38. The highest BCUT2D eigenvalue weighted by atomic mass is 16.6. The van der Waals surface area contributed by atoms with E-state index in [9.17, 15) is 4.79 Å². The molecule has 0 saturated heterocycles. The highest BCUT2D eigenvalue weighted by Gasteiger charge is 2.15. The second-order valence-electron chi connectivity index (χ2n) is 4.96. The van der Waals surface area contributed by atoms with Crippen molar-refractivity contribution >= 4 is 5.97 Å². The van der Waals surface area contributed by atoms with Crippen molar-refractivity contribution in [1.29, 1.82) is 0 Å². The maximum absolute atomic E-state index is 12.3. The third kappa shape index (κ3) is 3.24. The summed E-state index contributed by atoms with van der Waals surface area (Å²) in [6, 6.07) is 24.2. The van der Waals surface area contributed by atoms with Gasteiger partial charge in [0.1, 0.15) is 0 Å². The van der Waals surface area contributed by atoms with Crippen molar-refractivity contribution in [3.63, 3.8) is 0 Å². The molecule has 3 heteroatoms. The number of carbonyl (C=O) groups is 1. The minimum absolute atomic E-state index is 0.405. The fraction of sp³-hybridized carbons (Fsp3) is 0.0500. The number of para-hydroxylation sites is 1. The predicted octanol–water partition coefficient (Wildman–Crippen LogP) is 4.58. The van der Waals surface area contributed by atoms with Gasteiger partial charge in [-0.05, 0) is 23.8 Å². The van der Waals surface area contributed by atoms with Crippen LogP contribution in [0.1, 0.15) is 10.4 Å². The van der Waals surface area contributed by atoms with E-state index in [0.717, 1.165) is 11.1 Å². The maximum Gasteiger partial charge on any atom is 0.343 e. The standard InChI is InChI=1S/C20H16O3/c1-22-19-17(15-9-4-2-5-10-15)13-8-14-18(19)23-20(21)16-11-6-3-7-12-16/h2-14H,1H3. The molecule has 0 bridgehead atoms. The van der Waals surface area contributed by atoms with Crippen LogP contribution in [-0.2, 0) is 0 Å². The van der Waals surface area contributed by atoms with E-state index in [2.05, 4.69) is 0 Å². The van der Waals surface area contributed by atoms with Crippen molar-refractivity contribution in [3.8, 4) is 22.6 Å². The molecule has 0 saturated carbocycles. The number of esters is 1. The lowest BCUT2D eigenvalue weighted by Crippen LogP contribution is -2.09.